The molecule has 0 unspecified atom stereocenters. The molecule has 10 atom stereocenters. The van der Waals surface area contributed by atoms with Crippen LogP contribution in [-0.2, 0) is 14.3 Å². The number of esters is 1. The Morgan fingerprint density at radius 1 is 0.837 bits per heavy atom. The molecular weight excluding hydrogens is 534 g/mol. The van der Waals surface area contributed by atoms with Crippen molar-refractivity contribution in [1.82, 2.24) is 0 Å². The number of carbonyl (C=O) groups excluding carboxylic acids is 2. The molecule has 0 aromatic heterocycles. The topological polar surface area (TPSA) is 64.6 Å². The Morgan fingerprint density at radius 3 is 2.23 bits per heavy atom. The number of hydrogen-bond acceptors (Lipinski definition) is 4. The van der Waals surface area contributed by atoms with Crippen LogP contribution in [0.15, 0.2) is 42.5 Å². The standard InChI is InChI=1S/C38H55NO4/c1-24(2)26-16-21-38(32(40)42-8)23-22-36(6)27(31(26)38)14-15-29-35(5)19-18-30(34(3,4)28(35)17-20-37(29,36)7)43-33(41)39-25-12-10-9-11-13-25/h9-13,26-31H,1,14-23H2,2-8H3,(H,39,41)/t26-,27+,28-,29+,30-,31+,35-,36+,37+,38-/m0/s1. The van der Waals surface area contributed by atoms with Crippen LogP contribution in [-0.4, -0.2) is 25.3 Å². The molecule has 43 heavy (non-hydrogen) atoms. The van der Waals surface area contributed by atoms with Gasteiger partial charge >= 0.3 is 12.1 Å². The highest BCUT2D eigenvalue weighted by atomic mass is 16.6. The van der Waals surface area contributed by atoms with E-state index in [1.807, 2.05) is 30.3 Å². The molecule has 5 aliphatic carbocycles. The molecule has 5 heteroatoms. The molecule has 0 aliphatic heterocycles. The van der Waals surface area contributed by atoms with Gasteiger partial charge in [0, 0.05) is 11.1 Å². The van der Waals surface area contributed by atoms with Gasteiger partial charge in [-0.3, -0.25) is 10.1 Å². The third-order valence-electron chi connectivity index (χ3n) is 14.9. The number of methoxy groups -OCH3 is 1. The van der Waals surface area contributed by atoms with Crippen LogP contribution in [0.4, 0.5) is 10.5 Å². The Morgan fingerprint density at radius 2 is 1.56 bits per heavy atom. The van der Waals surface area contributed by atoms with Gasteiger partial charge in [-0.25, -0.2) is 4.79 Å². The van der Waals surface area contributed by atoms with E-state index in [1.165, 1.54) is 24.8 Å². The van der Waals surface area contributed by atoms with E-state index in [4.69, 9.17) is 9.47 Å². The molecule has 6 rings (SSSR count). The lowest BCUT2D eigenvalue weighted by atomic mass is 9.32. The highest BCUT2D eigenvalue weighted by Gasteiger charge is 2.72. The van der Waals surface area contributed by atoms with Crippen LogP contribution in [0.1, 0.15) is 106 Å². The summed E-state index contributed by atoms with van der Waals surface area (Å²) < 4.78 is 11.7. The minimum Gasteiger partial charge on any atom is -0.469 e. The molecule has 0 radical (unpaired) electrons. The summed E-state index contributed by atoms with van der Waals surface area (Å²) in [5, 5.41) is 2.94. The minimum atomic E-state index is -0.346. The summed E-state index contributed by atoms with van der Waals surface area (Å²) >= 11 is 0. The summed E-state index contributed by atoms with van der Waals surface area (Å²) in [6.07, 6.45) is 10.4. The van der Waals surface area contributed by atoms with Gasteiger partial charge in [0.05, 0.1) is 12.5 Å². The van der Waals surface area contributed by atoms with E-state index in [0.29, 0.717) is 29.6 Å². The maximum absolute atomic E-state index is 13.5. The predicted molar refractivity (Wildman–Crippen MR) is 171 cm³/mol. The van der Waals surface area contributed by atoms with E-state index in [1.54, 1.807) is 7.11 Å². The molecular formula is C38H55NO4. The molecule has 0 heterocycles. The number of allylic oxidation sites excluding steroid dienone is 1. The Bertz CT molecular complexity index is 1270. The number of amides is 1. The van der Waals surface area contributed by atoms with Gasteiger partial charge in [-0.15, -0.1) is 0 Å². The van der Waals surface area contributed by atoms with Crippen LogP contribution < -0.4 is 5.32 Å². The zero-order valence-electron chi connectivity index (χ0n) is 27.8. The first-order valence-corrected chi connectivity index (χ1v) is 17.0. The summed E-state index contributed by atoms with van der Waals surface area (Å²) in [7, 11) is 1.59. The zero-order chi connectivity index (χ0) is 31.0. The average Bonchev–Trinajstić information content (AvgIpc) is 3.36. The number of rotatable bonds is 4. The van der Waals surface area contributed by atoms with E-state index in [0.717, 1.165) is 50.6 Å². The van der Waals surface area contributed by atoms with Gasteiger partial charge < -0.3 is 9.47 Å². The van der Waals surface area contributed by atoms with Gasteiger partial charge in [0.15, 0.2) is 0 Å². The highest BCUT2D eigenvalue weighted by Crippen LogP contribution is 2.77. The van der Waals surface area contributed by atoms with Gasteiger partial charge in [-0.1, -0.05) is 65.0 Å². The summed E-state index contributed by atoms with van der Waals surface area (Å²) in [6, 6.07) is 9.59. The van der Waals surface area contributed by atoms with E-state index in [-0.39, 0.29) is 45.2 Å². The van der Waals surface area contributed by atoms with Crippen molar-refractivity contribution in [3.8, 4) is 0 Å². The lowest BCUT2D eigenvalue weighted by molar-refractivity contribution is -0.248. The molecule has 1 N–H and O–H groups in total. The number of carbonyl (C=O) groups is 2. The quantitative estimate of drug-likeness (QED) is 0.281. The Balaban J connectivity index is 1.27. The van der Waals surface area contributed by atoms with Crippen molar-refractivity contribution in [2.75, 3.05) is 12.4 Å². The SMILES string of the molecule is C=C(C)[C@@H]1CC[C@]2(C(=O)OC)CC[C@]3(C)[C@H](CC[C@@H]4[C@@]5(C)CC[C@H](OC(=O)Nc6ccccc6)C(C)(C)[C@@H]5CC[C@]43C)[C@@H]12. The second kappa shape index (κ2) is 10.4. The fourth-order valence-electron chi connectivity index (χ4n) is 12.7. The van der Waals surface area contributed by atoms with Crippen LogP contribution in [0, 0.1) is 56.7 Å². The Kier molecular flexibility index (Phi) is 7.41. The third kappa shape index (κ3) is 4.29. The zero-order valence-corrected chi connectivity index (χ0v) is 27.8. The second-order valence-electron chi connectivity index (χ2n) is 16.6. The lowest BCUT2D eigenvalue weighted by Crippen LogP contribution is -2.67. The third-order valence-corrected chi connectivity index (χ3v) is 14.9. The minimum absolute atomic E-state index is 0.0302. The smallest absolute Gasteiger partial charge is 0.411 e. The molecule has 0 spiro atoms. The van der Waals surface area contributed by atoms with Crippen molar-refractivity contribution in [1.29, 1.82) is 0 Å². The van der Waals surface area contributed by atoms with Gasteiger partial charge in [0.1, 0.15) is 6.10 Å². The van der Waals surface area contributed by atoms with Crippen LogP contribution in [0.2, 0.25) is 0 Å². The number of fused-ring (bicyclic) bond motifs is 7. The van der Waals surface area contributed by atoms with Gasteiger partial charge in [0.25, 0.3) is 0 Å². The molecule has 5 saturated carbocycles. The molecule has 1 amide bonds. The van der Waals surface area contributed by atoms with Gasteiger partial charge in [0.2, 0.25) is 0 Å². The number of nitrogens with one attached hydrogen (secondary N) is 1. The predicted octanol–water partition coefficient (Wildman–Crippen LogP) is 9.43. The molecule has 5 nitrogen and oxygen atoms in total. The summed E-state index contributed by atoms with van der Waals surface area (Å²) in [4.78, 5) is 26.5. The van der Waals surface area contributed by atoms with Crippen molar-refractivity contribution in [2.24, 2.45) is 56.7 Å². The molecule has 1 aromatic rings. The molecule has 5 aliphatic rings. The summed E-state index contributed by atoms with van der Waals surface area (Å²) in [5.41, 5.74) is 2.15. The molecule has 1 aromatic carbocycles. The Labute approximate surface area is 259 Å². The first kappa shape index (κ1) is 30.7. The number of hydrogen-bond donors (Lipinski definition) is 1. The number of ether oxygens (including phenoxy) is 2. The number of anilines is 1. The molecule has 0 saturated heterocycles. The molecule has 0 bridgehead atoms. The maximum atomic E-state index is 13.5. The summed E-state index contributed by atoms with van der Waals surface area (Å²) in [5.74, 6) is 2.40. The fraction of sp³-hybridized carbons (Fsp3) is 0.737. The van der Waals surface area contributed by atoms with Crippen LogP contribution in [0.25, 0.3) is 0 Å². The molecule has 5 fully saturated rings. The first-order chi connectivity index (χ1) is 20.2. The highest BCUT2D eigenvalue weighted by molar-refractivity contribution is 5.84. The van der Waals surface area contributed by atoms with Crippen molar-refractivity contribution in [3.05, 3.63) is 42.5 Å². The maximum Gasteiger partial charge on any atom is 0.411 e. The average molecular weight is 590 g/mol. The van der Waals surface area contributed by atoms with E-state index in [9.17, 15) is 9.59 Å². The van der Waals surface area contributed by atoms with Gasteiger partial charge in [-0.05, 0) is 129 Å². The second-order valence-corrected chi connectivity index (χ2v) is 16.6. The number of benzene rings is 1. The van der Waals surface area contributed by atoms with Crippen LogP contribution >= 0.6 is 0 Å². The van der Waals surface area contributed by atoms with Crippen LogP contribution in [0.5, 0.6) is 0 Å². The first-order valence-electron chi connectivity index (χ1n) is 17.0. The number of para-hydroxylation sites is 1. The lowest BCUT2D eigenvalue weighted by Gasteiger charge is -2.72. The van der Waals surface area contributed by atoms with E-state index >= 15 is 0 Å². The summed E-state index contributed by atoms with van der Waals surface area (Å²) in [6.45, 7) is 19.2. The normalized spacial score (nSPS) is 44.5. The van der Waals surface area contributed by atoms with Gasteiger partial charge in [-0.2, -0.15) is 0 Å². The van der Waals surface area contributed by atoms with E-state index < -0.39 is 0 Å². The van der Waals surface area contributed by atoms with Crippen molar-refractivity contribution < 1.29 is 19.1 Å². The monoisotopic (exact) mass is 589 g/mol. The van der Waals surface area contributed by atoms with E-state index in [2.05, 4.69) is 53.4 Å². The van der Waals surface area contributed by atoms with Crippen LogP contribution in [0.3, 0.4) is 0 Å². The molecule has 236 valence electrons. The largest absolute Gasteiger partial charge is 0.469 e. The Hall–Kier alpha value is -2.30. The fourth-order valence-corrected chi connectivity index (χ4v) is 12.7. The van der Waals surface area contributed by atoms with Crippen molar-refractivity contribution >= 4 is 17.7 Å². The van der Waals surface area contributed by atoms with Crippen molar-refractivity contribution in [2.45, 2.75) is 112 Å². The van der Waals surface area contributed by atoms with Crippen molar-refractivity contribution in [3.63, 3.8) is 0 Å².